The summed E-state index contributed by atoms with van der Waals surface area (Å²) in [5, 5.41) is 21.6. The van der Waals surface area contributed by atoms with Gasteiger partial charge in [0.2, 0.25) is 0 Å². The molecule has 7 nitrogen and oxygen atoms in total. The molecule has 0 saturated heterocycles. The number of fused-ring (bicyclic) bond motifs is 2. The second-order valence-electron chi connectivity index (χ2n) is 9.28. The average molecular weight is 465 g/mol. The molecule has 1 atom stereocenters. The van der Waals surface area contributed by atoms with Gasteiger partial charge in [0.1, 0.15) is 17.9 Å². The maximum absolute atomic E-state index is 9.47. The van der Waals surface area contributed by atoms with Crippen LogP contribution in [-0.4, -0.2) is 38.5 Å². The van der Waals surface area contributed by atoms with Crippen LogP contribution in [0.1, 0.15) is 53.2 Å². The highest BCUT2D eigenvalue weighted by Gasteiger charge is 2.29. The van der Waals surface area contributed by atoms with Crippen molar-refractivity contribution in [3.05, 3.63) is 82.3 Å². The molecule has 0 amide bonds. The second-order valence-corrected chi connectivity index (χ2v) is 9.28. The van der Waals surface area contributed by atoms with E-state index in [1.807, 2.05) is 6.07 Å². The van der Waals surface area contributed by atoms with Crippen molar-refractivity contribution in [3.8, 4) is 11.1 Å². The number of imidazole rings is 1. The van der Waals surface area contributed by atoms with E-state index in [1.165, 1.54) is 16.7 Å². The molecule has 0 bridgehead atoms. The smallest absolute Gasteiger partial charge is 0.161 e. The Balaban J connectivity index is 1.43. The normalized spacial score (nSPS) is 16.8. The number of aliphatic hydroxyl groups excluding tert-OH is 1. The average Bonchev–Trinajstić information content (AvgIpc) is 3.62. The number of aliphatic hydroxyl groups is 1. The Labute approximate surface area is 204 Å². The fraction of sp³-hybridized carbons (Fsp3) is 0.321. The first-order valence-electron chi connectivity index (χ1n) is 12.3. The Kier molecular flexibility index (Phi) is 5.49. The first kappa shape index (κ1) is 21.8. The van der Waals surface area contributed by atoms with Gasteiger partial charge in [-0.3, -0.25) is 0 Å². The van der Waals surface area contributed by atoms with Crippen LogP contribution in [0.3, 0.4) is 0 Å². The summed E-state index contributed by atoms with van der Waals surface area (Å²) >= 11 is 0. The summed E-state index contributed by atoms with van der Waals surface area (Å²) in [6.07, 6.45) is 3.44. The van der Waals surface area contributed by atoms with Gasteiger partial charge in [0, 0.05) is 30.7 Å². The van der Waals surface area contributed by atoms with E-state index in [0.717, 1.165) is 64.3 Å². The zero-order valence-corrected chi connectivity index (χ0v) is 20.1. The molecule has 176 valence electrons. The van der Waals surface area contributed by atoms with Crippen LogP contribution < -0.4 is 0 Å². The molecule has 0 spiro atoms. The number of benzene rings is 2. The Hall–Kier alpha value is -3.71. The van der Waals surface area contributed by atoms with Crippen LogP contribution in [0, 0.1) is 6.92 Å². The van der Waals surface area contributed by atoms with E-state index in [2.05, 4.69) is 76.3 Å². The van der Waals surface area contributed by atoms with Gasteiger partial charge in [-0.25, -0.2) is 9.97 Å². The van der Waals surface area contributed by atoms with Gasteiger partial charge in [0.15, 0.2) is 5.65 Å². The Morgan fingerprint density at radius 3 is 2.69 bits per heavy atom. The third-order valence-corrected chi connectivity index (χ3v) is 7.15. The predicted octanol–water partition coefficient (Wildman–Crippen LogP) is 5.21. The van der Waals surface area contributed by atoms with Crippen LogP contribution in [0.2, 0.25) is 0 Å². The van der Waals surface area contributed by atoms with Crippen molar-refractivity contribution in [2.24, 2.45) is 15.4 Å². The summed E-state index contributed by atoms with van der Waals surface area (Å²) in [5.41, 5.74) is 11.0. The van der Waals surface area contributed by atoms with Gasteiger partial charge in [-0.2, -0.15) is 5.11 Å². The highest BCUT2D eigenvalue weighted by atomic mass is 16.3. The standard InChI is InChI=1S/C28H28N6O/c1-3-26-31-27-17(2)14-20(12-13-35)30-28(27)34(26)25-11-9-19-15-18(8-10-22(19)25)21-6-4-5-7-23(21)24-16-29-33-32-24/h4-8,10,14-15,25,35H,3,9,11-13,16H2,1-2H3/t25-/m0/s1. The summed E-state index contributed by atoms with van der Waals surface area (Å²) in [7, 11) is 0. The molecule has 0 radical (unpaired) electrons. The summed E-state index contributed by atoms with van der Waals surface area (Å²) in [6, 6.07) is 17.5. The van der Waals surface area contributed by atoms with Gasteiger partial charge < -0.3 is 9.67 Å². The predicted molar refractivity (Wildman–Crippen MR) is 137 cm³/mol. The molecular weight excluding hydrogens is 436 g/mol. The Bertz CT molecular complexity index is 1500. The van der Waals surface area contributed by atoms with Crippen molar-refractivity contribution in [1.82, 2.24) is 14.5 Å². The third kappa shape index (κ3) is 3.67. The zero-order chi connectivity index (χ0) is 23.9. The molecule has 3 heterocycles. The fourth-order valence-corrected chi connectivity index (χ4v) is 5.52. The molecule has 0 fully saturated rings. The lowest BCUT2D eigenvalue weighted by Crippen LogP contribution is -2.12. The number of aryl methyl sites for hydroxylation is 3. The first-order chi connectivity index (χ1) is 17.2. The number of pyridine rings is 1. The van der Waals surface area contributed by atoms with Crippen LogP contribution >= 0.6 is 0 Å². The van der Waals surface area contributed by atoms with E-state index in [9.17, 15) is 5.11 Å². The molecule has 2 aromatic heterocycles. The molecule has 4 aromatic rings. The van der Waals surface area contributed by atoms with Crippen molar-refractivity contribution in [3.63, 3.8) is 0 Å². The van der Waals surface area contributed by atoms with Gasteiger partial charge in [-0.15, -0.1) is 5.10 Å². The molecule has 1 aliphatic carbocycles. The van der Waals surface area contributed by atoms with E-state index < -0.39 is 0 Å². The maximum Gasteiger partial charge on any atom is 0.161 e. The van der Waals surface area contributed by atoms with Crippen molar-refractivity contribution in [2.45, 2.75) is 45.6 Å². The summed E-state index contributed by atoms with van der Waals surface area (Å²) < 4.78 is 2.35. The minimum Gasteiger partial charge on any atom is -0.396 e. The lowest BCUT2D eigenvalue weighted by atomic mass is 9.94. The minimum atomic E-state index is 0.0951. The van der Waals surface area contributed by atoms with Crippen LogP contribution in [0.15, 0.2) is 64.0 Å². The number of hydrogen-bond donors (Lipinski definition) is 1. The topological polar surface area (TPSA) is 88.0 Å². The second kappa shape index (κ2) is 8.82. The molecule has 2 aliphatic rings. The van der Waals surface area contributed by atoms with Crippen LogP contribution in [-0.2, 0) is 19.3 Å². The summed E-state index contributed by atoms with van der Waals surface area (Å²) in [6.45, 7) is 4.87. The van der Waals surface area contributed by atoms with Gasteiger partial charge in [-0.05, 0) is 58.9 Å². The maximum atomic E-state index is 9.47. The van der Waals surface area contributed by atoms with Gasteiger partial charge in [-0.1, -0.05) is 49.4 Å². The number of hydrogen-bond acceptors (Lipinski definition) is 6. The van der Waals surface area contributed by atoms with E-state index in [-0.39, 0.29) is 12.6 Å². The molecule has 0 saturated carbocycles. The van der Waals surface area contributed by atoms with Crippen LogP contribution in [0.25, 0.3) is 22.3 Å². The fourth-order valence-electron chi connectivity index (χ4n) is 5.52. The van der Waals surface area contributed by atoms with Crippen LogP contribution in [0.5, 0.6) is 0 Å². The van der Waals surface area contributed by atoms with Crippen molar-refractivity contribution in [1.29, 1.82) is 0 Å². The van der Waals surface area contributed by atoms with E-state index in [0.29, 0.717) is 13.0 Å². The SMILES string of the molecule is CCc1nc2c(C)cc(CCO)nc2n1[C@H]1CCc2cc(-c3ccccc3C3=NN=NC3)ccc21. The van der Waals surface area contributed by atoms with Crippen molar-refractivity contribution >= 4 is 16.9 Å². The largest absolute Gasteiger partial charge is 0.396 e. The van der Waals surface area contributed by atoms with Gasteiger partial charge >= 0.3 is 0 Å². The molecule has 35 heavy (non-hydrogen) atoms. The first-order valence-corrected chi connectivity index (χ1v) is 12.3. The van der Waals surface area contributed by atoms with E-state index in [1.54, 1.807) is 0 Å². The molecule has 1 aliphatic heterocycles. The molecule has 7 heteroatoms. The van der Waals surface area contributed by atoms with Crippen molar-refractivity contribution < 1.29 is 5.11 Å². The highest BCUT2D eigenvalue weighted by Crippen LogP contribution is 2.40. The summed E-state index contributed by atoms with van der Waals surface area (Å²) in [4.78, 5) is 9.92. The molecule has 6 rings (SSSR count). The third-order valence-electron chi connectivity index (χ3n) is 7.15. The van der Waals surface area contributed by atoms with Gasteiger partial charge in [0.05, 0.1) is 11.8 Å². The molecule has 2 aromatic carbocycles. The Morgan fingerprint density at radius 1 is 1.06 bits per heavy atom. The molecule has 0 unspecified atom stereocenters. The highest BCUT2D eigenvalue weighted by molar-refractivity contribution is 6.07. The van der Waals surface area contributed by atoms with E-state index >= 15 is 0 Å². The molecule has 1 N–H and O–H groups in total. The van der Waals surface area contributed by atoms with Gasteiger partial charge in [0.25, 0.3) is 0 Å². The monoisotopic (exact) mass is 464 g/mol. The molecular formula is C28H28N6O. The minimum absolute atomic E-state index is 0.0951. The number of nitrogens with zero attached hydrogens (tertiary/aromatic N) is 6. The van der Waals surface area contributed by atoms with E-state index in [4.69, 9.17) is 9.97 Å². The quantitative estimate of drug-likeness (QED) is 0.425. The van der Waals surface area contributed by atoms with Crippen LogP contribution in [0.4, 0.5) is 0 Å². The summed E-state index contributed by atoms with van der Waals surface area (Å²) in [5.74, 6) is 1.07. The lowest BCUT2D eigenvalue weighted by Gasteiger charge is -2.18. The zero-order valence-electron chi connectivity index (χ0n) is 20.1. The van der Waals surface area contributed by atoms with Crippen molar-refractivity contribution in [2.75, 3.05) is 13.2 Å². The lowest BCUT2D eigenvalue weighted by molar-refractivity contribution is 0.298. The number of rotatable bonds is 6. The Morgan fingerprint density at radius 2 is 1.91 bits per heavy atom. The number of aromatic nitrogens is 3.